The molecule has 1 aromatic carbocycles. The molecule has 2 heterocycles. The number of hydrogen-bond donors (Lipinski definition) is 4. The van der Waals surface area contributed by atoms with Crippen LogP contribution in [0.5, 0.6) is 0 Å². The molecule has 0 saturated carbocycles. The Hall–Kier alpha value is -3.57. The number of nitrogens with zero attached hydrogens (tertiary/aromatic N) is 2. The van der Waals surface area contributed by atoms with Gasteiger partial charge < -0.3 is 15.4 Å². The molecule has 4 N–H and O–H groups in total. The maximum atomic E-state index is 12.2. The lowest BCUT2D eigenvalue weighted by molar-refractivity contribution is -0.112. The lowest BCUT2D eigenvalue weighted by Crippen LogP contribution is -2.28. The molecule has 1 amide bonds. The predicted molar refractivity (Wildman–Crippen MR) is 107 cm³/mol. The van der Waals surface area contributed by atoms with E-state index in [2.05, 4.69) is 31.6 Å². The summed E-state index contributed by atoms with van der Waals surface area (Å²) >= 11 is 0. The summed E-state index contributed by atoms with van der Waals surface area (Å²) in [6, 6.07) is 6.64. The molecule has 2 aromatic heterocycles. The highest BCUT2D eigenvalue weighted by Crippen LogP contribution is 2.29. The van der Waals surface area contributed by atoms with E-state index in [-0.39, 0.29) is 17.7 Å². The highest BCUT2D eigenvalue weighted by molar-refractivity contribution is 7.88. The normalized spacial score (nSPS) is 11.3. The summed E-state index contributed by atoms with van der Waals surface area (Å²) in [5, 5.41) is 12.4. The summed E-state index contributed by atoms with van der Waals surface area (Å²) in [7, 11) is -3.45. The summed E-state index contributed by atoms with van der Waals surface area (Å²) < 4.78 is 24.5. The lowest BCUT2D eigenvalue weighted by atomic mass is 10.1. The van der Waals surface area contributed by atoms with Crippen LogP contribution in [0.1, 0.15) is 10.4 Å². The molecule has 10 nitrogen and oxygen atoms in total. The quantitative estimate of drug-likeness (QED) is 0.425. The van der Waals surface area contributed by atoms with E-state index < -0.39 is 21.9 Å². The van der Waals surface area contributed by atoms with Crippen LogP contribution in [0.4, 0.5) is 5.69 Å². The van der Waals surface area contributed by atoms with Crippen molar-refractivity contribution in [2.75, 3.05) is 18.1 Å². The van der Waals surface area contributed by atoms with Gasteiger partial charge in [-0.1, -0.05) is 18.7 Å². The Morgan fingerprint density at radius 2 is 2.03 bits per heavy atom. The van der Waals surface area contributed by atoms with Crippen molar-refractivity contribution in [1.29, 1.82) is 0 Å². The smallest absolute Gasteiger partial charge is 0.338 e. The molecule has 3 aromatic rings. The van der Waals surface area contributed by atoms with Gasteiger partial charge in [0.1, 0.15) is 12.0 Å². The van der Waals surface area contributed by atoms with E-state index in [0.717, 1.165) is 6.26 Å². The summed E-state index contributed by atoms with van der Waals surface area (Å²) in [6.45, 7) is 3.35. The van der Waals surface area contributed by atoms with Gasteiger partial charge in [0.15, 0.2) is 0 Å². The molecule has 3 rings (SSSR count). The third-order valence-electron chi connectivity index (χ3n) is 3.96. The molecule has 0 saturated heterocycles. The largest absolute Gasteiger partial charge is 0.478 e. The molecule has 0 spiro atoms. The molecule has 0 radical (unpaired) electrons. The number of rotatable bonds is 7. The van der Waals surface area contributed by atoms with E-state index in [1.54, 1.807) is 24.3 Å². The molecular weight excluding hydrogens is 398 g/mol. The molecular formula is C18H17N5O5S. The van der Waals surface area contributed by atoms with Gasteiger partial charge in [0.25, 0.3) is 5.91 Å². The van der Waals surface area contributed by atoms with Crippen LogP contribution in [0.3, 0.4) is 0 Å². The molecule has 11 heteroatoms. The first-order valence-electron chi connectivity index (χ1n) is 8.25. The zero-order chi connectivity index (χ0) is 21.2. The van der Waals surface area contributed by atoms with Crippen molar-refractivity contribution in [3.8, 4) is 11.3 Å². The standard InChI is InChI=1S/C18H17N5O5S/c1-10(7-22-29(2,27)28)17(24)23-12-5-3-4-11(6-12)15-14-13(18(25)26)8-19-16(14)21-9-20-15/h3-6,8-9,22H,1,7H2,2H3,(H,23,24)(H,25,26)(H,19,20,21). The van der Waals surface area contributed by atoms with E-state index in [4.69, 9.17) is 0 Å². The number of carbonyl (C=O) groups excluding carboxylic acids is 1. The molecule has 0 unspecified atom stereocenters. The van der Waals surface area contributed by atoms with Gasteiger partial charge in [0.2, 0.25) is 10.0 Å². The fourth-order valence-electron chi connectivity index (χ4n) is 2.61. The first kappa shape index (κ1) is 20.2. The Balaban J connectivity index is 1.88. The van der Waals surface area contributed by atoms with Crippen molar-refractivity contribution in [2.45, 2.75) is 0 Å². The number of anilines is 1. The maximum Gasteiger partial charge on any atom is 0.338 e. The maximum absolute atomic E-state index is 12.2. The number of carbonyl (C=O) groups is 2. The number of sulfonamides is 1. The van der Waals surface area contributed by atoms with E-state index in [9.17, 15) is 23.1 Å². The number of nitrogens with one attached hydrogen (secondary N) is 3. The Morgan fingerprint density at radius 1 is 1.28 bits per heavy atom. The van der Waals surface area contributed by atoms with Crippen LogP contribution in [-0.4, -0.2) is 53.2 Å². The summed E-state index contributed by atoms with van der Waals surface area (Å²) in [6.07, 6.45) is 3.63. The number of fused-ring (bicyclic) bond motifs is 1. The number of aromatic carboxylic acids is 1. The molecule has 0 fully saturated rings. The number of aromatic nitrogens is 3. The second kappa shape index (κ2) is 7.81. The lowest BCUT2D eigenvalue weighted by Gasteiger charge is -2.10. The van der Waals surface area contributed by atoms with Crippen LogP contribution in [0, 0.1) is 0 Å². The average Bonchev–Trinajstić information content (AvgIpc) is 3.10. The van der Waals surface area contributed by atoms with Crippen LogP contribution in [0.2, 0.25) is 0 Å². The van der Waals surface area contributed by atoms with Crippen LogP contribution in [0.15, 0.2) is 48.9 Å². The molecule has 0 bridgehead atoms. The van der Waals surface area contributed by atoms with Crippen LogP contribution < -0.4 is 10.0 Å². The number of H-pyrrole nitrogens is 1. The van der Waals surface area contributed by atoms with Crippen molar-refractivity contribution >= 4 is 38.6 Å². The number of carboxylic acids is 1. The number of amides is 1. The summed E-state index contributed by atoms with van der Waals surface area (Å²) in [4.78, 5) is 34.8. The van der Waals surface area contributed by atoms with Gasteiger partial charge in [-0.2, -0.15) is 0 Å². The van der Waals surface area contributed by atoms with Crippen LogP contribution in [0.25, 0.3) is 22.3 Å². The number of hydrogen-bond acceptors (Lipinski definition) is 6. The molecule has 0 aliphatic rings. The minimum absolute atomic E-state index is 0.0315. The SMILES string of the molecule is C=C(CNS(C)(=O)=O)C(=O)Nc1cccc(-c2ncnc3[nH]cc(C(=O)O)c23)c1. The topological polar surface area (TPSA) is 154 Å². The molecule has 0 atom stereocenters. The Bertz CT molecular complexity index is 1230. The summed E-state index contributed by atoms with van der Waals surface area (Å²) in [5.74, 6) is -1.68. The first-order chi connectivity index (χ1) is 13.7. The third kappa shape index (κ3) is 4.65. The first-order valence-corrected chi connectivity index (χ1v) is 10.1. The van der Waals surface area contributed by atoms with Crippen molar-refractivity contribution in [3.05, 3.63) is 54.5 Å². The van der Waals surface area contributed by atoms with Crippen LogP contribution in [-0.2, 0) is 14.8 Å². The van der Waals surface area contributed by atoms with Crippen molar-refractivity contribution in [1.82, 2.24) is 19.7 Å². The monoisotopic (exact) mass is 415 g/mol. The zero-order valence-electron chi connectivity index (χ0n) is 15.3. The Labute approximate surface area is 165 Å². The van der Waals surface area contributed by atoms with Gasteiger partial charge in [0, 0.05) is 29.6 Å². The second-order valence-electron chi connectivity index (χ2n) is 6.19. The molecule has 0 aliphatic heterocycles. The number of benzene rings is 1. The summed E-state index contributed by atoms with van der Waals surface area (Å²) in [5.41, 5.74) is 1.81. The zero-order valence-corrected chi connectivity index (χ0v) is 16.1. The van der Waals surface area contributed by atoms with E-state index in [1.807, 2.05) is 0 Å². The van der Waals surface area contributed by atoms with Gasteiger partial charge in [-0.05, 0) is 12.1 Å². The second-order valence-corrected chi connectivity index (χ2v) is 8.02. The number of carboxylic acid groups (broad SMARTS) is 1. The van der Waals surface area contributed by atoms with E-state index >= 15 is 0 Å². The van der Waals surface area contributed by atoms with Crippen molar-refractivity contribution in [3.63, 3.8) is 0 Å². The minimum atomic E-state index is -3.45. The van der Waals surface area contributed by atoms with Crippen molar-refractivity contribution < 1.29 is 23.1 Å². The number of aromatic amines is 1. The van der Waals surface area contributed by atoms with E-state index in [1.165, 1.54) is 12.5 Å². The average molecular weight is 415 g/mol. The third-order valence-corrected chi connectivity index (χ3v) is 4.63. The fraction of sp³-hybridized carbons (Fsp3) is 0.111. The predicted octanol–water partition coefficient (Wildman–Crippen LogP) is 1.37. The highest BCUT2D eigenvalue weighted by Gasteiger charge is 2.18. The van der Waals surface area contributed by atoms with Gasteiger partial charge >= 0.3 is 5.97 Å². The minimum Gasteiger partial charge on any atom is -0.478 e. The fourth-order valence-corrected chi connectivity index (χ4v) is 3.05. The van der Waals surface area contributed by atoms with Gasteiger partial charge in [-0.25, -0.2) is 27.9 Å². The van der Waals surface area contributed by atoms with Crippen molar-refractivity contribution in [2.24, 2.45) is 0 Å². The van der Waals surface area contributed by atoms with Crippen LogP contribution >= 0.6 is 0 Å². The molecule has 150 valence electrons. The van der Waals surface area contributed by atoms with Gasteiger partial charge in [0.05, 0.1) is 22.9 Å². The molecule has 29 heavy (non-hydrogen) atoms. The Morgan fingerprint density at radius 3 is 2.72 bits per heavy atom. The molecule has 0 aliphatic carbocycles. The Kier molecular flexibility index (Phi) is 5.43. The highest BCUT2D eigenvalue weighted by atomic mass is 32.2. The van der Waals surface area contributed by atoms with Gasteiger partial charge in [-0.15, -0.1) is 0 Å². The van der Waals surface area contributed by atoms with E-state index in [0.29, 0.717) is 28.0 Å². The van der Waals surface area contributed by atoms with Gasteiger partial charge in [-0.3, -0.25) is 4.79 Å².